The molecule has 0 unspecified atom stereocenters. The molecule has 0 spiro atoms. The molecule has 1 aliphatic heterocycles. The van der Waals surface area contributed by atoms with Crippen molar-refractivity contribution in [3.05, 3.63) is 23.8 Å². The fourth-order valence-corrected chi connectivity index (χ4v) is 4.22. The minimum Gasteiger partial charge on any atom is -0.487 e. The zero-order chi connectivity index (χ0) is 21.6. The summed E-state index contributed by atoms with van der Waals surface area (Å²) in [5.74, 6) is -0.0144. The number of hydrogen-bond acceptors (Lipinski definition) is 6. The number of alkyl halides is 2. The quantitative estimate of drug-likeness (QED) is 0.589. The van der Waals surface area contributed by atoms with Gasteiger partial charge in [-0.25, -0.2) is 0 Å². The van der Waals surface area contributed by atoms with Gasteiger partial charge in [0.15, 0.2) is 11.5 Å². The second-order valence-corrected chi connectivity index (χ2v) is 7.84. The molecule has 0 amide bonds. The van der Waals surface area contributed by atoms with Crippen LogP contribution in [0.25, 0.3) is 0 Å². The van der Waals surface area contributed by atoms with Crippen molar-refractivity contribution in [1.29, 1.82) is 5.26 Å². The first-order valence-electron chi connectivity index (χ1n) is 10.5. The molecule has 8 heteroatoms. The largest absolute Gasteiger partial charge is 0.487 e. The maximum atomic E-state index is 12.8. The zero-order valence-corrected chi connectivity index (χ0v) is 17.2. The molecule has 0 aromatic heterocycles. The molecule has 0 N–H and O–H groups in total. The third-order valence-corrected chi connectivity index (χ3v) is 5.89. The van der Waals surface area contributed by atoms with Crippen molar-refractivity contribution < 1.29 is 27.8 Å². The van der Waals surface area contributed by atoms with Gasteiger partial charge in [-0.15, -0.1) is 0 Å². The number of piperidine rings is 1. The molecule has 1 saturated carbocycles. The molecule has 1 aliphatic carbocycles. The van der Waals surface area contributed by atoms with Gasteiger partial charge in [-0.05, 0) is 63.1 Å². The molecule has 1 aromatic rings. The van der Waals surface area contributed by atoms with E-state index in [9.17, 15) is 18.8 Å². The number of halogens is 2. The van der Waals surface area contributed by atoms with Crippen LogP contribution in [0.15, 0.2) is 18.2 Å². The zero-order valence-electron chi connectivity index (χ0n) is 17.2. The van der Waals surface area contributed by atoms with E-state index < -0.39 is 12.0 Å². The number of ether oxygens (including phenoxy) is 3. The molecule has 164 valence electrons. The predicted molar refractivity (Wildman–Crippen MR) is 106 cm³/mol. The lowest BCUT2D eigenvalue weighted by molar-refractivity contribution is -0.144. The van der Waals surface area contributed by atoms with E-state index in [-0.39, 0.29) is 30.1 Å². The van der Waals surface area contributed by atoms with Crippen molar-refractivity contribution in [2.45, 2.75) is 63.6 Å². The topological polar surface area (TPSA) is 71.8 Å². The lowest BCUT2D eigenvalue weighted by atomic mass is 9.74. The average Bonchev–Trinajstić information content (AvgIpc) is 3.23. The Kier molecular flexibility index (Phi) is 7.48. The van der Waals surface area contributed by atoms with Crippen LogP contribution in [0.1, 0.15) is 51.0 Å². The summed E-state index contributed by atoms with van der Waals surface area (Å²) >= 11 is 0. The molecular weight excluding hydrogens is 394 g/mol. The van der Waals surface area contributed by atoms with Gasteiger partial charge in [0.1, 0.15) is 0 Å². The van der Waals surface area contributed by atoms with Crippen molar-refractivity contribution >= 4 is 5.97 Å². The smallest absolute Gasteiger partial charge is 0.387 e. The van der Waals surface area contributed by atoms with Gasteiger partial charge in [-0.1, -0.05) is 6.07 Å². The van der Waals surface area contributed by atoms with E-state index in [1.54, 1.807) is 19.1 Å². The molecule has 1 saturated heterocycles. The van der Waals surface area contributed by atoms with Crippen molar-refractivity contribution in [3.8, 4) is 17.6 Å². The Balaban J connectivity index is 1.77. The lowest BCUT2D eigenvalue weighted by Gasteiger charge is -2.37. The van der Waals surface area contributed by atoms with E-state index >= 15 is 0 Å². The molecule has 0 radical (unpaired) electrons. The highest BCUT2D eigenvalue weighted by atomic mass is 19.3. The van der Waals surface area contributed by atoms with Crippen LogP contribution in [0.4, 0.5) is 8.78 Å². The highest BCUT2D eigenvalue weighted by Crippen LogP contribution is 2.41. The van der Waals surface area contributed by atoms with Gasteiger partial charge in [-0.2, -0.15) is 14.0 Å². The minimum absolute atomic E-state index is 0.00603. The van der Waals surface area contributed by atoms with Crippen molar-refractivity contribution in [2.24, 2.45) is 0 Å². The SMILES string of the molecule is CCOC(=O)CN1CCC(C#N)(c2ccc(OC(F)F)c(OC3CCCC3)c2)CC1. The molecular formula is C22H28F2N2O4. The van der Waals surface area contributed by atoms with Gasteiger partial charge in [0, 0.05) is 13.1 Å². The Labute approximate surface area is 175 Å². The average molecular weight is 422 g/mol. The van der Waals surface area contributed by atoms with E-state index in [0.29, 0.717) is 32.5 Å². The van der Waals surface area contributed by atoms with Crippen LogP contribution < -0.4 is 9.47 Å². The number of esters is 1. The number of carbonyl (C=O) groups is 1. The number of carbonyl (C=O) groups excluding carboxylic acids is 1. The van der Waals surface area contributed by atoms with Crippen LogP contribution in [0, 0.1) is 11.3 Å². The molecule has 1 aromatic carbocycles. The highest BCUT2D eigenvalue weighted by molar-refractivity contribution is 5.71. The summed E-state index contributed by atoms with van der Waals surface area (Å²) in [5.41, 5.74) is -0.0297. The predicted octanol–water partition coefficient (Wildman–Crippen LogP) is 4.03. The third-order valence-electron chi connectivity index (χ3n) is 5.89. The minimum atomic E-state index is -2.95. The Morgan fingerprint density at radius 2 is 1.97 bits per heavy atom. The first-order chi connectivity index (χ1) is 14.5. The molecule has 1 heterocycles. The molecule has 30 heavy (non-hydrogen) atoms. The molecule has 2 fully saturated rings. The summed E-state index contributed by atoms with van der Waals surface area (Å²) in [4.78, 5) is 13.7. The van der Waals surface area contributed by atoms with E-state index in [1.807, 2.05) is 4.90 Å². The fourth-order valence-electron chi connectivity index (χ4n) is 4.22. The maximum absolute atomic E-state index is 12.8. The standard InChI is InChI=1S/C22H28F2N2O4/c1-2-28-20(27)14-26-11-9-22(15-25,10-12-26)16-7-8-18(30-21(23)24)19(13-16)29-17-5-3-4-6-17/h7-8,13,17,21H,2-6,9-12,14H2,1H3. The Morgan fingerprint density at radius 1 is 1.27 bits per heavy atom. The van der Waals surface area contributed by atoms with Gasteiger partial charge in [-0.3, -0.25) is 9.69 Å². The van der Waals surface area contributed by atoms with Crippen molar-refractivity contribution in [2.75, 3.05) is 26.2 Å². The first kappa shape index (κ1) is 22.3. The second-order valence-electron chi connectivity index (χ2n) is 7.84. The number of nitrogens with zero attached hydrogens (tertiary/aromatic N) is 2. The highest BCUT2D eigenvalue weighted by Gasteiger charge is 2.38. The van der Waals surface area contributed by atoms with Crippen LogP contribution in [-0.4, -0.2) is 49.8 Å². The Bertz CT molecular complexity index is 767. The van der Waals surface area contributed by atoms with E-state index in [4.69, 9.17) is 9.47 Å². The second kappa shape index (κ2) is 10.1. The maximum Gasteiger partial charge on any atom is 0.387 e. The molecule has 6 nitrogen and oxygen atoms in total. The molecule has 0 bridgehead atoms. The summed E-state index contributed by atoms with van der Waals surface area (Å²) in [5, 5.41) is 9.98. The van der Waals surface area contributed by atoms with Crippen molar-refractivity contribution in [3.63, 3.8) is 0 Å². The summed E-state index contributed by atoms with van der Waals surface area (Å²) < 4.78 is 41.3. The van der Waals surface area contributed by atoms with Gasteiger partial charge in [0.25, 0.3) is 0 Å². The Morgan fingerprint density at radius 3 is 2.57 bits per heavy atom. The Hall–Kier alpha value is -2.40. The normalized spacial score (nSPS) is 19.4. The number of hydrogen-bond donors (Lipinski definition) is 0. The van der Waals surface area contributed by atoms with Crippen LogP contribution in [0.2, 0.25) is 0 Å². The molecule has 3 rings (SSSR count). The van der Waals surface area contributed by atoms with Gasteiger partial charge >= 0.3 is 12.6 Å². The summed E-state index contributed by atoms with van der Waals surface area (Å²) in [7, 11) is 0. The van der Waals surface area contributed by atoms with E-state index in [2.05, 4.69) is 10.8 Å². The third kappa shape index (κ3) is 5.39. The van der Waals surface area contributed by atoms with Crippen LogP contribution >= 0.6 is 0 Å². The van der Waals surface area contributed by atoms with E-state index in [1.165, 1.54) is 6.07 Å². The number of likely N-dealkylation sites (tertiary alicyclic amines) is 1. The fraction of sp³-hybridized carbons (Fsp3) is 0.636. The molecule has 0 atom stereocenters. The van der Waals surface area contributed by atoms with Crippen molar-refractivity contribution in [1.82, 2.24) is 4.90 Å². The van der Waals surface area contributed by atoms with E-state index in [0.717, 1.165) is 31.2 Å². The monoisotopic (exact) mass is 422 g/mol. The van der Waals surface area contributed by atoms with Crippen LogP contribution in [-0.2, 0) is 14.9 Å². The van der Waals surface area contributed by atoms with Gasteiger partial charge < -0.3 is 14.2 Å². The first-order valence-corrected chi connectivity index (χ1v) is 10.5. The van der Waals surface area contributed by atoms with Crippen LogP contribution in [0.5, 0.6) is 11.5 Å². The number of nitriles is 1. The summed E-state index contributed by atoms with van der Waals surface area (Å²) in [6.07, 6.45) is 4.89. The lowest BCUT2D eigenvalue weighted by Crippen LogP contribution is -2.44. The molecule has 2 aliphatic rings. The summed E-state index contributed by atoms with van der Waals surface area (Å²) in [6, 6.07) is 7.25. The van der Waals surface area contributed by atoms with Gasteiger partial charge in [0.2, 0.25) is 0 Å². The summed E-state index contributed by atoms with van der Waals surface area (Å²) in [6.45, 7) is 0.499. The number of rotatable bonds is 8. The van der Waals surface area contributed by atoms with Gasteiger partial charge in [0.05, 0.1) is 30.7 Å². The van der Waals surface area contributed by atoms with Crippen LogP contribution in [0.3, 0.4) is 0 Å². The number of benzene rings is 1.